The second-order valence-electron chi connectivity index (χ2n) is 15.3. The standard InChI is InChI=1S/C43H79NO8/c1-6-8-10-12-14-16-18-19-20-21-22-23-24-26-28-30-32-34-41(46)52-39(38-51-43(42(47)48)49-36-35-44(3,4)5)37-50-40(45)33-31-29-27-25-17-15-13-11-9-7-2/h14,16,19-20,39,43H,6-13,15,17-18,21-38H2,1-5H3/p+1/b16-14-,20-19-. The van der Waals surface area contributed by atoms with Crippen LogP contribution in [-0.2, 0) is 33.3 Å². The fraction of sp³-hybridized carbons (Fsp3) is 0.837. The highest BCUT2D eigenvalue weighted by molar-refractivity contribution is 5.71. The molecule has 9 nitrogen and oxygen atoms in total. The van der Waals surface area contributed by atoms with Gasteiger partial charge in [0.05, 0.1) is 34.4 Å². The smallest absolute Gasteiger partial charge is 0.361 e. The molecule has 0 aromatic rings. The van der Waals surface area contributed by atoms with Crippen LogP contribution in [0.15, 0.2) is 24.3 Å². The molecule has 0 aromatic carbocycles. The number of rotatable bonds is 38. The first-order valence-corrected chi connectivity index (χ1v) is 21.0. The Bertz CT molecular complexity index is 913. The molecule has 0 rings (SSSR count). The van der Waals surface area contributed by atoms with Gasteiger partial charge in [0.2, 0.25) is 0 Å². The molecule has 0 heterocycles. The van der Waals surface area contributed by atoms with Gasteiger partial charge < -0.3 is 28.5 Å². The van der Waals surface area contributed by atoms with E-state index in [1.165, 1.54) is 89.9 Å². The number of ether oxygens (including phenoxy) is 4. The van der Waals surface area contributed by atoms with Gasteiger partial charge in [-0.15, -0.1) is 0 Å². The number of hydrogen-bond acceptors (Lipinski definition) is 7. The van der Waals surface area contributed by atoms with Crippen molar-refractivity contribution in [2.24, 2.45) is 0 Å². The molecular weight excluding hydrogens is 658 g/mol. The lowest BCUT2D eigenvalue weighted by molar-refractivity contribution is -0.870. The van der Waals surface area contributed by atoms with Crippen molar-refractivity contribution in [1.82, 2.24) is 0 Å². The van der Waals surface area contributed by atoms with Gasteiger partial charge in [-0.2, -0.15) is 0 Å². The highest BCUT2D eigenvalue weighted by Gasteiger charge is 2.25. The summed E-state index contributed by atoms with van der Waals surface area (Å²) in [4.78, 5) is 36.9. The summed E-state index contributed by atoms with van der Waals surface area (Å²) >= 11 is 0. The van der Waals surface area contributed by atoms with Crippen LogP contribution in [0.4, 0.5) is 0 Å². The van der Waals surface area contributed by atoms with E-state index in [-0.39, 0.29) is 32.2 Å². The maximum absolute atomic E-state index is 12.7. The van der Waals surface area contributed by atoms with Crippen molar-refractivity contribution in [2.75, 3.05) is 47.5 Å². The molecule has 2 unspecified atom stereocenters. The van der Waals surface area contributed by atoms with E-state index in [9.17, 15) is 19.5 Å². The second-order valence-corrected chi connectivity index (χ2v) is 15.3. The highest BCUT2D eigenvalue weighted by atomic mass is 16.7. The van der Waals surface area contributed by atoms with Gasteiger partial charge >= 0.3 is 17.9 Å². The van der Waals surface area contributed by atoms with E-state index in [4.69, 9.17) is 18.9 Å². The van der Waals surface area contributed by atoms with Gasteiger partial charge in [-0.25, -0.2) is 4.79 Å². The van der Waals surface area contributed by atoms with Crippen molar-refractivity contribution in [3.8, 4) is 0 Å². The van der Waals surface area contributed by atoms with E-state index in [2.05, 4.69) is 38.2 Å². The van der Waals surface area contributed by atoms with Gasteiger partial charge in [-0.3, -0.25) is 9.59 Å². The molecule has 0 bridgehead atoms. The molecular formula is C43H80NO8+. The Labute approximate surface area is 318 Å². The normalized spacial score (nSPS) is 13.2. The fourth-order valence-electron chi connectivity index (χ4n) is 5.63. The number of hydrogen-bond donors (Lipinski definition) is 1. The molecule has 0 fully saturated rings. The molecule has 0 saturated heterocycles. The predicted molar refractivity (Wildman–Crippen MR) is 212 cm³/mol. The third kappa shape index (κ3) is 36.1. The van der Waals surface area contributed by atoms with Crippen molar-refractivity contribution < 1.29 is 42.9 Å². The Morgan fingerprint density at radius 3 is 1.56 bits per heavy atom. The SMILES string of the molecule is CCCCC/C=C\C/C=C\CCCCCCCCCC(=O)OC(COC(=O)CCCCCCCCCCCC)COC(OCC[N+](C)(C)C)C(=O)O. The molecule has 0 aromatic heterocycles. The number of esters is 2. The molecule has 0 amide bonds. The molecule has 52 heavy (non-hydrogen) atoms. The number of allylic oxidation sites excluding steroid dienone is 4. The van der Waals surface area contributed by atoms with Gasteiger partial charge in [-0.1, -0.05) is 141 Å². The van der Waals surface area contributed by atoms with E-state index < -0.39 is 24.3 Å². The largest absolute Gasteiger partial charge is 0.477 e. The van der Waals surface area contributed by atoms with Crippen LogP contribution in [0.25, 0.3) is 0 Å². The molecule has 9 heteroatoms. The minimum atomic E-state index is -1.51. The monoisotopic (exact) mass is 739 g/mol. The van der Waals surface area contributed by atoms with Crippen molar-refractivity contribution >= 4 is 17.9 Å². The molecule has 0 radical (unpaired) electrons. The third-order valence-electron chi connectivity index (χ3n) is 8.96. The van der Waals surface area contributed by atoms with Crippen LogP contribution >= 0.6 is 0 Å². The van der Waals surface area contributed by atoms with Crippen molar-refractivity contribution in [3.63, 3.8) is 0 Å². The summed E-state index contributed by atoms with van der Waals surface area (Å²) in [6.07, 6.45) is 33.7. The number of likely N-dealkylation sites (N-methyl/N-ethyl adjacent to an activating group) is 1. The topological polar surface area (TPSA) is 108 Å². The first-order valence-electron chi connectivity index (χ1n) is 21.0. The molecule has 0 saturated carbocycles. The Hall–Kier alpha value is -2.23. The average Bonchev–Trinajstić information content (AvgIpc) is 3.09. The molecule has 1 N–H and O–H groups in total. The third-order valence-corrected chi connectivity index (χ3v) is 8.96. The minimum Gasteiger partial charge on any atom is -0.477 e. The van der Waals surface area contributed by atoms with Crippen LogP contribution in [-0.4, -0.2) is 87.4 Å². The van der Waals surface area contributed by atoms with Gasteiger partial charge in [-0.05, 0) is 44.9 Å². The number of aliphatic carboxylic acids is 1. The second kappa shape index (κ2) is 35.8. The number of carbonyl (C=O) groups excluding carboxylic acids is 2. The predicted octanol–water partition coefficient (Wildman–Crippen LogP) is 10.5. The summed E-state index contributed by atoms with van der Waals surface area (Å²) in [5.74, 6) is -2.02. The number of quaternary nitrogens is 1. The Balaban J connectivity index is 4.47. The van der Waals surface area contributed by atoms with E-state index in [1.807, 2.05) is 21.1 Å². The van der Waals surface area contributed by atoms with Crippen molar-refractivity contribution in [2.45, 2.75) is 187 Å². The molecule has 304 valence electrons. The van der Waals surface area contributed by atoms with Crippen LogP contribution in [0.2, 0.25) is 0 Å². The number of unbranched alkanes of at least 4 members (excludes halogenated alkanes) is 19. The maximum Gasteiger partial charge on any atom is 0.361 e. The average molecular weight is 739 g/mol. The van der Waals surface area contributed by atoms with Crippen LogP contribution in [0, 0.1) is 0 Å². The number of carboxylic acids is 1. The van der Waals surface area contributed by atoms with E-state index >= 15 is 0 Å². The van der Waals surface area contributed by atoms with Gasteiger partial charge in [0.1, 0.15) is 13.2 Å². The van der Waals surface area contributed by atoms with Gasteiger partial charge in [0.25, 0.3) is 6.29 Å². The lowest BCUT2D eigenvalue weighted by Gasteiger charge is -2.25. The zero-order valence-electron chi connectivity index (χ0n) is 34.2. The van der Waals surface area contributed by atoms with E-state index in [0.29, 0.717) is 23.9 Å². The zero-order chi connectivity index (χ0) is 38.5. The summed E-state index contributed by atoms with van der Waals surface area (Å²) in [5.41, 5.74) is 0. The number of carbonyl (C=O) groups is 3. The fourth-order valence-corrected chi connectivity index (χ4v) is 5.63. The van der Waals surface area contributed by atoms with Gasteiger partial charge in [0.15, 0.2) is 6.10 Å². The number of nitrogens with zero attached hydrogens (tertiary/aromatic N) is 1. The Kier molecular flexibility index (Phi) is 34.2. The maximum atomic E-state index is 12.7. The summed E-state index contributed by atoms with van der Waals surface area (Å²) in [7, 11) is 5.95. The highest BCUT2D eigenvalue weighted by Crippen LogP contribution is 2.14. The van der Waals surface area contributed by atoms with Crippen LogP contribution in [0.1, 0.15) is 174 Å². The summed E-state index contributed by atoms with van der Waals surface area (Å²) in [6.45, 7) is 4.81. The molecule has 0 spiro atoms. The first kappa shape index (κ1) is 49.8. The molecule has 0 aliphatic heterocycles. The summed E-state index contributed by atoms with van der Waals surface area (Å²) in [6, 6.07) is 0. The number of carboxylic acid groups (broad SMARTS) is 1. The molecule has 2 atom stereocenters. The van der Waals surface area contributed by atoms with Crippen LogP contribution in [0.3, 0.4) is 0 Å². The Morgan fingerprint density at radius 1 is 0.577 bits per heavy atom. The molecule has 0 aliphatic rings. The van der Waals surface area contributed by atoms with Gasteiger partial charge in [0, 0.05) is 12.8 Å². The Morgan fingerprint density at radius 2 is 1.04 bits per heavy atom. The van der Waals surface area contributed by atoms with E-state index in [0.717, 1.165) is 51.4 Å². The summed E-state index contributed by atoms with van der Waals surface area (Å²) in [5, 5.41) is 9.60. The van der Waals surface area contributed by atoms with Crippen molar-refractivity contribution in [1.29, 1.82) is 0 Å². The lowest BCUT2D eigenvalue weighted by Crippen LogP contribution is -2.40. The quantitative estimate of drug-likeness (QED) is 0.0219. The van der Waals surface area contributed by atoms with Crippen LogP contribution in [0.5, 0.6) is 0 Å². The molecule has 0 aliphatic carbocycles. The lowest BCUT2D eigenvalue weighted by atomic mass is 10.1. The minimum absolute atomic E-state index is 0.182. The van der Waals surface area contributed by atoms with Crippen molar-refractivity contribution in [3.05, 3.63) is 24.3 Å². The summed E-state index contributed by atoms with van der Waals surface area (Å²) < 4.78 is 22.6. The zero-order valence-corrected chi connectivity index (χ0v) is 34.2. The van der Waals surface area contributed by atoms with Crippen LogP contribution < -0.4 is 0 Å². The van der Waals surface area contributed by atoms with E-state index in [1.54, 1.807) is 0 Å². The first-order chi connectivity index (χ1) is 25.1.